The summed E-state index contributed by atoms with van der Waals surface area (Å²) in [4.78, 5) is 15.3. The maximum atomic E-state index is 14.4. The minimum absolute atomic E-state index is 0.271. The highest BCUT2D eigenvalue weighted by molar-refractivity contribution is 5.98. The largest absolute Gasteiger partial charge is 0.494 e. The molecule has 4 aromatic rings. The van der Waals surface area contributed by atoms with Crippen LogP contribution in [0.25, 0.3) is 33.4 Å². The van der Waals surface area contributed by atoms with Crippen molar-refractivity contribution in [3.05, 3.63) is 66.5 Å². The van der Waals surface area contributed by atoms with Crippen molar-refractivity contribution >= 4 is 16.7 Å². The van der Waals surface area contributed by atoms with Crippen molar-refractivity contribution in [2.45, 2.75) is 0 Å². The summed E-state index contributed by atoms with van der Waals surface area (Å²) in [6.07, 6.45) is 3.37. The molecule has 0 radical (unpaired) electrons. The van der Waals surface area contributed by atoms with Gasteiger partial charge in [0.25, 0.3) is 0 Å². The van der Waals surface area contributed by atoms with E-state index >= 15 is 0 Å². The topological polar surface area (TPSA) is 51.1 Å². The average molecular weight is 392 g/mol. The van der Waals surface area contributed by atoms with Gasteiger partial charge in [0, 0.05) is 49.1 Å². The van der Waals surface area contributed by atoms with E-state index in [0.29, 0.717) is 33.9 Å². The maximum Gasteiger partial charge on any atom is 0.163 e. The molecule has 2 heterocycles. The van der Waals surface area contributed by atoms with Crippen molar-refractivity contribution < 1.29 is 13.5 Å². The molecule has 2 aromatic heterocycles. The summed E-state index contributed by atoms with van der Waals surface area (Å²) in [6, 6.07) is 10.7. The van der Waals surface area contributed by atoms with E-state index < -0.39 is 11.6 Å². The van der Waals surface area contributed by atoms with Crippen LogP contribution >= 0.6 is 0 Å². The SMILES string of the molecule is COc1cc(-c2ccc(F)cc2F)cc2c(N(C)C)nc(-c3cccnc3)nc12. The molecule has 0 aliphatic rings. The number of rotatable bonds is 4. The lowest BCUT2D eigenvalue weighted by Crippen LogP contribution is -2.12. The van der Waals surface area contributed by atoms with Crippen LogP contribution in [0.5, 0.6) is 5.75 Å². The number of benzene rings is 2. The Morgan fingerprint density at radius 2 is 1.79 bits per heavy atom. The third-order valence-electron chi connectivity index (χ3n) is 4.55. The number of hydrogen-bond donors (Lipinski definition) is 0. The standard InChI is InChI=1S/C22H18F2N4O/c1-28(2)22-17-9-14(16-7-6-15(23)11-18(16)24)10-19(29-3)20(17)26-21(27-22)13-5-4-8-25-12-13/h4-12H,1-3H3. The van der Waals surface area contributed by atoms with Gasteiger partial charge in [-0.3, -0.25) is 4.98 Å². The Balaban J connectivity index is 2.01. The molecule has 29 heavy (non-hydrogen) atoms. The first kappa shape index (κ1) is 18.7. The van der Waals surface area contributed by atoms with Crippen LogP contribution < -0.4 is 9.64 Å². The highest BCUT2D eigenvalue weighted by Crippen LogP contribution is 2.37. The Morgan fingerprint density at radius 3 is 2.45 bits per heavy atom. The van der Waals surface area contributed by atoms with E-state index in [-0.39, 0.29) is 5.56 Å². The second-order valence-electron chi connectivity index (χ2n) is 6.71. The predicted molar refractivity (Wildman–Crippen MR) is 109 cm³/mol. The lowest BCUT2D eigenvalue weighted by atomic mass is 10.0. The number of methoxy groups -OCH3 is 1. The first-order valence-electron chi connectivity index (χ1n) is 8.91. The minimum atomic E-state index is -0.647. The number of hydrogen-bond acceptors (Lipinski definition) is 5. The van der Waals surface area contributed by atoms with Crippen LogP contribution in [-0.4, -0.2) is 36.2 Å². The van der Waals surface area contributed by atoms with E-state index in [2.05, 4.69) is 15.0 Å². The molecule has 0 saturated heterocycles. The Labute approximate surface area is 166 Å². The van der Waals surface area contributed by atoms with E-state index in [9.17, 15) is 8.78 Å². The number of ether oxygens (including phenoxy) is 1. The Hall–Kier alpha value is -3.61. The maximum absolute atomic E-state index is 14.4. The lowest BCUT2D eigenvalue weighted by Gasteiger charge is -2.18. The molecule has 5 nitrogen and oxygen atoms in total. The van der Waals surface area contributed by atoms with Crippen LogP contribution in [0.1, 0.15) is 0 Å². The number of pyridine rings is 1. The fourth-order valence-corrected chi connectivity index (χ4v) is 3.18. The highest BCUT2D eigenvalue weighted by Gasteiger charge is 2.18. The van der Waals surface area contributed by atoms with Gasteiger partial charge >= 0.3 is 0 Å². The van der Waals surface area contributed by atoms with Crippen LogP contribution in [0.4, 0.5) is 14.6 Å². The normalized spacial score (nSPS) is 10.9. The molecule has 0 bridgehead atoms. The smallest absolute Gasteiger partial charge is 0.163 e. The van der Waals surface area contributed by atoms with Gasteiger partial charge in [0.05, 0.1) is 7.11 Å². The monoisotopic (exact) mass is 392 g/mol. The van der Waals surface area contributed by atoms with Crippen LogP contribution in [0.2, 0.25) is 0 Å². The third-order valence-corrected chi connectivity index (χ3v) is 4.55. The summed E-state index contributed by atoms with van der Waals surface area (Å²) in [6.45, 7) is 0. The second kappa shape index (κ2) is 7.43. The summed E-state index contributed by atoms with van der Waals surface area (Å²) in [5.74, 6) is 0.352. The minimum Gasteiger partial charge on any atom is -0.494 e. The molecule has 7 heteroatoms. The zero-order valence-electron chi connectivity index (χ0n) is 16.1. The quantitative estimate of drug-likeness (QED) is 0.503. The van der Waals surface area contributed by atoms with Crippen molar-refractivity contribution in [1.82, 2.24) is 15.0 Å². The van der Waals surface area contributed by atoms with Crippen molar-refractivity contribution in [3.8, 4) is 28.3 Å². The molecule has 2 aromatic carbocycles. The zero-order chi connectivity index (χ0) is 20.5. The average Bonchev–Trinajstić information content (AvgIpc) is 2.72. The molecule has 0 unspecified atom stereocenters. The van der Waals surface area contributed by atoms with Crippen LogP contribution in [0, 0.1) is 11.6 Å². The molecule has 0 aliphatic carbocycles. The van der Waals surface area contributed by atoms with Gasteiger partial charge in [0.2, 0.25) is 0 Å². The van der Waals surface area contributed by atoms with Gasteiger partial charge in [-0.25, -0.2) is 18.7 Å². The zero-order valence-corrected chi connectivity index (χ0v) is 16.1. The molecule has 0 aliphatic heterocycles. The Morgan fingerprint density at radius 1 is 0.966 bits per heavy atom. The van der Waals surface area contributed by atoms with Gasteiger partial charge in [-0.15, -0.1) is 0 Å². The van der Waals surface area contributed by atoms with Gasteiger partial charge in [0.15, 0.2) is 5.82 Å². The van der Waals surface area contributed by atoms with Crippen molar-refractivity contribution in [1.29, 1.82) is 0 Å². The molecular weight excluding hydrogens is 374 g/mol. The van der Waals surface area contributed by atoms with E-state index in [1.165, 1.54) is 19.2 Å². The van der Waals surface area contributed by atoms with Crippen LogP contribution in [0.3, 0.4) is 0 Å². The van der Waals surface area contributed by atoms with Gasteiger partial charge in [-0.1, -0.05) is 0 Å². The van der Waals surface area contributed by atoms with Gasteiger partial charge < -0.3 is 9.64 Å². The number of anilines is 1. The Bertz CT molecular complexity index is 1200. The van der Waals surface area contributed by atoms with Crippen molar-refractivity contribution in [3.63, 3.8) is 0 Å². The van der Waals surface area contributed by atoms with Gasteiger partial charge in [-0.2, -0.15) is 0 Å². The van der Waals surface area contributed by atoms with E-state index in [1.54, 1.807) is 24.5 Å². The number of fused-ring (bicyclic) bond motifs is 1. The third kappa shape index (κ3) is 3.47. The fourth-order valence-electron chi connectivity index (χ4n) is 3.18. The fraction of sp³-hybridized carbons (Fsp3) is 0.136. The van der Waals surface area contributed by atoms with Gasteiger partial charge in [-0.05, 0) is 42.0 Å². The molecule has 0 spiro atoms. The molecule has 146 valence electrons. The molecule has 0 saturated carbocycles. The first-order chi connectivity index (χ1) is 14.0. The van der Waals surface area contributed by atoms with Crippen molar-refractivity contribution in [2.24, 2.45) is 0 Å². The summed E-state index contributed by atoms with van der Waals surface area (Å²) >= 11 is 0. The van der Waals surface area contributed by atoms with E-state index in [1.807, 2.05) is 31.1 Å². The molecule has 4 rings (SSSR count). The van der Waals surface area contributed by atoms with E-state index in [4.69, 9.17) is 4.74 Å². The molecule has 0 amide bonds. The molecule has 0 atom stereocenters. The predicted octanol–water partition coefficient (Wildman–Crippen LogP) is 4.71. The number of aromatic nitrogens is 3. The van der Waals surface area contributed by atoms with Crippen LogP contribution in [-0.2, 0) is 0 Å². The molecule has 0 fully saturated rings. The summed E-state index contributed by atoms with van der Waals surface area (Å²) in [5.41, 5.74) is 2.19. The first-order valence-corrected chi connectivity index (χ1v) is 8.91. The van der Waals surface area contributed by atoms with Crippen LogP contribution in [0.15, 0.2) is 54.9 Å². The Kier molecular flexibility index (Phi) is 4.80. The second-order valence-corrected chi connectivity index (χ2v) is 6.71. The lowest BCUT2D eigenvalue weighted by molar-refractivity contribution is 0.419. The highest BCUT2D eigenvalue weighted by atomic mass is 19.1. The number of nitrogens with zero attached hydrogens (tertiary/aromatic N) is 4. The summed E-state index contributed by atoms with van der Waals surface area (Å²) in [5, 5.41) is 0.695. The van der Waals surface area contributed by atoms with E-state index in [0.717, 1.165) is 11.6 Å². The van der Waals surface area contributed by atoms with Gasteiger partial charge in [0.1, 0.15) is 28.7 Å². The summed E-state index contributed by atoms with van der Waals surface area (Å²) in [7, 11) is 5.26. The number of halogens is 2. The molecular formula is C22H18F2N4O. The molecule has 0 N–H and O–H groups in total. The van der Waals surface area contributed by atoms with Crippen molar-refractivity contribution in [2.75, 3.05) is 26.1 Å². The summed E-state index contributed by atoms with van der Waals surface area (Å²) < 4.78 is 33.3.